The first-order chi connectivity index (χ1) is 16.7. The Morgan fingerprint density at radius 2 is 1.83 bits per heavy atom. The topological polar surface area (TPSA) is 71.3 Å². The number of fused-ring (bicyclic) bond motifs is 7. The molecule has 1 aliphatic heterocycles. The van der Waals surface area contributed by atoms with E-state index in [-0.39, 0.29) is 34.7 Å². The van der Waals surface area contributed by atoms with Gasteiger partial charge in [0.1, 0.15) is 6.10 Å². The molecule has 6 heteroatoms. The first kappa shape index (κ1) is 22.9. The van der Waals surface area contributed by atoms with Gasteiger partial charge in [-0.2, -0.15) is 5.11 Å². The fraction of sp³-hybridized carbons (Fsp3) is 0.655. The van der Waals surface area contributed by atoms with Crippen LogP contribution in [0.5, 0.6) is 0 Å². The predicted molar refractivity (Wildman–Crippen MR) is 134 cm³/mol. The van der Waals surface area contributed by atoms with E-state index in [1.807, 2.05) is 23.2 Å². The van der Waals surface area contributed by atoms with Gasteiger partial charge in [-0.15, -0.1) is 0 Å². The summed E-state index contributed by atoms with van der Waals surface area (Å²) in [6.07, 6.45) is 9.49. The summed E-state index contributed by atoms with van der Waals surface area (Å²) in [6, 6.07) is 10.2. The molecule has 0 unspecified atom stereocenters. The number of anilines is 1. The van der Waals surface area contributed by atoms with Crippen LogP contribution in [0.25, 0.3) is 0 Å². The molecule has 1 aromatic rings. The number of carbonyl (C=O) groups excluding carboxylic acids is 2. The van der Waals surface area contributed by atoms with Crippen LogP contribution in [0.15, 0.2) is 52.3 Å². The first-order valence-corrected chi connectivity index (χ1v) is 13.4. The van der Waals surface area contributed by atoms with Gasteiger partial charge in [-0.25, -0.2) is 5.01 Å². The molecule has 0 aromatic heterocycles. The van der Waals surface area contributed by atoms with Crippen LogP contribution in [0.2, 0.25) is 0 Å². The van der Waals surface area contributed by atoms with Crippen molar-refractivity contribution in [3.8, 4) is 0 Å². The Kier molecular flexibility index (Phi) is 5.08. The van der Waals surface area contributed by atoms with Gasteiger partial charge in [-0.3, -0.25) is 9.59 Å². The number of esters is 1. The number of ketones is 1. The molecule has 3 saturated carbocycles. The van der Waals surface area contributed by atoms with E-state index >= 15 is 0 Å². The van der Waals surface area contributed by atoms with Gasteiger partial charge in [0.05, 0.1) is 11.7 Å². The van der Waals surface area contributed by atoms with Crippen molar-refractivity contribution in [1.82, 2.24) is 0 Å². The molecular formula is C29H37N3O3. The van der Waals surface area contributed by atoms with Crippen LogP contribution in [-0.4, -0.2) is 29.4 Å². The smallest absolute Gasteiger partial charge is 0.302 e. The molecule has 0 saturated heterocycles. The SMILES string of the molecule is CC(=O)O[C@H]1CC[C@@]2(C)C(=CC[C@@H]3[C@H]2CC[C@@]2(C)[C@@H]3C[C@H]3N(c4ccccc4)N=N[C@]32C(C)=O)C1. The van der Waals surface area contributed by atoms with E-state index in [9.17, 15) is 9.59 Å². The lowest BCUT2D eigenvalue weighted by molar-refractivity contribution is -0.149. The van der Waals surface area contributed by atoms with Crippen LogP contribution in [-0.2, 0) is 14.3 Å². The Hall–Kier alpha value is -2.50. The summed E-state index contributed by atoms with van der Waals surface area (Å²) < 4.78 is 5.60. The standard InChI is InChI=1S/C29H37N3O3/c1-18(33)29-26(32(31-30-29)21-8-6-5-7-9-21)17-25-23-11-10-20-16-22(35-19(2)34)12-14-27(20,3)24(23)13-15-28(25,29)4/h5-10,22-26H,11-17H2,1-4H3/t22-,23+,24+,25+,26+,27-,28-,29+/m0/s1. The predicted octanol–water partition coefficient (Wildman–Crippen LogP) is 6.07. The van der Waals surface area contributed by atoms with Crippen LogP contribution in [0, 0.1) is 28.6 Å². The second-order valence-corrected chi connectivity index (χ2v) is 12.1. The molecule has 0 spiro atoms. The molecule has 186 valence electrons. The lowest BCUT2D eigenvalue weighted by Gasteiger charge is -2.58. The molecule has 3 fully saturated rings. The number of para-hydroxylation sites is 1. The molecule has 0 amide bonds. The number of ether oxygens (including phenoxy) is 1. The second kappa shape index (κ2) is 7.75. The maximum Gasteiger partial charge on any atom is 0.302 e. The Balaban J connectivity index is 1.35. The monoisotopic (exact) mass is 475 g/mol. The van der Waals surface area contributed by atoms with Gasteiger partial charge >= 0.3 is 5.97 Å². The normalized spacial score (nSPS) is 43.5. The molecule has 4 aliphatic carbocycles. The van der Waals surface area contributed by atoms with Crippen LogP contribution in [0.3, 0.4) is 0 Å². The van der Waals surface area contributed by atoms with Crippen molar-refractivity contribution in [2.24, 2.45) is 38.9 Å². The minimum atomic E-state index is -0.767. The summed E-state index contributed by atoms with van der Waals surface area (Å²) in [5, 5.41) is 11.5. The van der Waals surface area contributed by atoms with E-state index in [2.05, 4.69) is 37.3 Å². The van der Waals surface area contributed by atoms with Crippen molar-refractivity contribution in [2.45, 2.75) is 90.3 Å². The second-order valence-electron chi connectivity index (χ2n) is 12.1. The van der Waals surface area contributed by atoms with Crippen LogP contribution in [0.1, 0.15) is 72.6 Å². The van der Waals surface area contributed by atoms with Crippen molar-refractivity contribution in [1.29, 1.82) is 0 Å². The molecule has 0 radical (unpaired) electrons. The van der Waals surface area contributed by atoms with Gasteiger partial charge in [0.2, 0.25) is 0 Å². The summed E-state index contributed by atoms with van der Waals surface area (Å²) in [6.45, 7) is 8.03. The highest BCUT2D eigenvalue weighted by atomic mass is 16.5. The number of Topliss-reactive ketones (excluding diaryl/α,β-unsaturated/α-hetero) is 1. The van der Waals surface area contributed by atoms with Gasteiger partial charge in [0, 0.05) is 18.8 Å². The molecule has 1 aromatic carbocycles. The summed E-state index contributed by atoms with van der Waals surface area (Å²) >= 11 is 0. The zero-order chi connectivity index (χ0) is 24.6. The summed E-state index contributed by atoms with van der Waals surface area (Å²) in [7, 11) is 0. The first-order valence-electron chi connectivity index (χ1n) is 13.4. The Morgan fingerprint density at radius 1 is 1.06 bits per heavy atom. The van der Waals surface area contributed by atoms with Crippen LogP contribution < -0.4 is 5.01 Å². The Bertz CT molecular complexity index is 1120. The van der Waals surface area contributed by atoms with Crippen molar-refractivity contribution in [3.63, 3.8) is 0 Å². The lowest BCUT2D eigenvalue weighted by atomic mass is 9.46. The molecule has 8 atom stereocenters. The number of rotatable bonds is 3. The number of hydrogen-bond acceptors (Lipinski definition) is 6. The highest BCUT2D eigenvalue weighted by Crippen LogP contribution is 2.69. The third-order valence-electron chi connectivity index (χ3n) is 10.8. The lowest BCUT2D eigenvalue weighted by Crippen LogP contribution is -2.59. The van der Waals surface area contributed by atoms with Crippen molar-refractivity contribution >= 4 is 17.4 Å². The molecule has 0 N–H and O–H groups in total. The molecule has 0 bridgehead atoms. The van der Waals surface area contributed by atoms with E-state index in [4.69, 9.17) is 9.85 Å². The van der Waals surface area contributed by atoms with Gasteiger partial charge < -0.3 is 4.74 Å². The van der Waals surface area contributed by atoms with E-state index in [1.165, 1.54) is 12.5 Å². The summed E-state index contributed by atoms with van der Waals surface area (Å²) in [4.78, 5) is 25.0. The van der Waals surface area contributed by atoms with E-state index in [1.54, 1.807) is 6.92 Å². The fourth-order valence-electron chi connectivity index (χ4n) is 9.14. The van der Waals surface area contributed by atoms with Crippen LogP contribution in [0.4, 0.5) is 5.69 Å². The molecule has 6 nitrogen and oxygen atoms in total. The van der Waals surface area contributed by atoms with Crippen molar-refractivity contribution in [3.05, 3.63) is 42.0 Å². The van der Waals surface area contributed by atoms with Crippen molar-refractivity contribution < 1.29 is 14.3 Å². The third-order valence-corrected chi connectivity index (χ3v) is 10.8. The minimum Gasteiger partial charge on any atom is -0.462 e. The zero-order valence-corrected chi connectivity index (χ0v) is 21.4. The van der Waals surface area contributed by atoms with E-state index in [0.717, 1.165) is 50.6 Å². The zero-order valence-electron chi connectivity index (χ0n) is 21.4. The number of nitrogens with zero attached hydrogens (tertiary/aromatic N) is 3. The molecule has 35 heavy (non-hydrogen) atoms. The highest BCUT2D eigenvalue weighted by molar-refractivity contribution is 5.90. The van der Waals surface area contributed by atoms with Gasteiger partial charge in [0.15, 0.2) is 11.3 Å². The average molecular weight is 476 g/mol. The Morgan fingerprint density at radius 3 is 2.54 bits per heavy atom. The summed E-state index contributed by atoms with van der Waals surface area (Å²) in [5.74, 6) is 1.56. The molecule has 1 heterocycles. The quantitative estimate of drug-likeness (QED) is 0.393. The molecular weight excluding hydrogens is 438 g/mol. The number of allylic oxidation sites excluding steroid dienone is 1. The number of hydrogen-bond donors (Lipinski definition) is 0. The molecule has 5 aliphatic rings. The van der Waals surface area contributed by atoms with Crippen LogP contribution >= 0.6 is 0 Å². The maximum absolute atomic E-state index is 13.4. The van der Waals surface area contributed by atoms with E-state index in [0.29, 0.717) is 17.8 Å². The number of carbonyl (C=O) groups is 2. The summed E-state index contributed by atoms with van der Waals surface area (Å²) in [5.41, 5.74) is 1.71. The minimum absolute atomic E-state index is 0.0175. The van der Waals surface area contributed by atoms with Crippen molar-refractivity contribution in [2.75, 3.05) is 5.01 Å². The third kappa shape index (κ3) is 3.01. The highest BCUT2D eigenvalue weighted by Gasteiger charge is 2.73. The number of benzene rings is 1. The average Bonchev–Trinajstić information content (AvgIpc) is 3.34. The molecule has 6 rings (SSSR count). The van der Waals surface area contributed by atoms with Gasteiger partial charge in [-0.05, 0) is 80.8 Å². The Labute approximate surface area is 208 Å². The largest absolute Gasteiger partial charge is 0.462 e. The maximum atomic E-state index is 13.4. The van der Waals surface area contributed by atoms with Gasteiger partial charge in [0.25, 0.3) is 0 Å². The van der Waals surface area contributed by atoms with Gasteiger partial charge in [-0.1, -0.05) is 48.9 Å². The fourth-order valence-corrected chi connectivity index (χ4v) is 9.14. The van der Waals surface area contributed by atoms with E-state index < -0.39 is 5.54 Å².